The van der Waals surface area contributed by atoms with Crippen molar-refractivity contribution in [1.82, 2.24) is 4.90 Å². The van der Waals surface area contributed by atoms with Gasteiger partial charge in [-0.25, -0.2) is 0 Å². The number of carbonyl (C=O) groups is 1. The van der Waals surface area contributed by atoms with Crippen molar-refractivity contribution in [2.24, 2.45) is 0 Å². The first-order chi connectivity index (χ1) is 8.34. The second-order valence-corrected chi connectivity index (χ2v) is 5.34. The van der Waals surface area contributed by atoms with Crippen LogP contribution in [0.5, 0.6) is 0 Å². The van der Waals surface area contributed by atoms with E-state index in [1.807, 2.05) is 13.8 Å². The molecule has 1 amide bonds. The average molecular weight is 259 g/mol. The van der Waals surface area contributed by atoms with Gasteiger partial charge in [0.05, 0.1) is 12.5 Å². The Morgan fingerprint density at radius 3 is 2.44 bits per heavy atom. The maximum absolute atomic E-state index is 11.8. The number of hydrogen-bond acceptors (Lipinski definition) is 5. The molecule has 0 saturated carbocycles. The molecule has 2 heterocycles. The Balaban J connectivity index is 2.07. The summed E-state index contributed by atoms with van der Waals surface area (Å²) in [5, 5.41) is 0. The lowest BCUT2D eigenvalue weighted by molar-refractivity contribution is -0.227. The molecular formula is C12H21NO5. The molecule has 104 valence electrons. The summed E-state index contributed by atoms with van der Waals surface area (Å²) in [6.07, 6.45) is -1.06. The van der Waals surface area contributed by atoms with Crippen molar-refractivity contribution >= 4 is 5.91 Å². The number of fused-ring (bicyclic) bond motifs is 1. The Labute approximate surface area is 107 Å². The number of carbonyl (C=O) groups excluding carboxylic acids is 1. The molecule has 6 nitrogen and oxygen atoms in total. The fraction of sp³-hybridized carbons (Fsp3) is 0.917. The van der Waals surface area contributed by atoms with E-state index in [1.54, 1.807) is 26.1 Å². The molecule has 0 aromatic heterocycles. The van der Waals surface area contributed by atoms with Crippen LogP contribution in [0.4, 0.5) is 0 Å². The van der Waals surface area contributed by atoms with Gasteiger partial charge in [-0.05, 0) is 13.8 Å². The monoisotopic (exact) mass is 259 g/mol. The molecule has 0 aromatic rings. The van der Waals surface area contributed by atoms with Gasteiger partial charge in [0.1, 0.15) is 12.2 Å². The van der Waals surface area contributed by atoms with Gasteiger partial charge in [0.25, 0.3) is 0 Å². The van der Waals surface area contributed by atoms with E-state index in [0.717, 1.165) is 0 Å². The third-order valence-electron chi connectivity index (χ3n) is 3.21. The van der Waals surface area contributed by atoms with Gasteiger partial charge in [-0.3, -0.25) is 4.79 Å². The molecular weight excluding hydrogens is 238 g/mol. The lowest BCUT2D eigenvalue weighted by atomic mass is 10.1. The van der Waals surface area contributed by atoms with Crippen molar-refractivity contribution in [1.29, 1.82) is 0 Å². The Hall–Kier alpha value is -0.690. The molecule has 0 bridgehead atoms. The molecule has 0 spiro atoms. The standard InChI is InChI=1S/C12H21NO5/c1-12(2)17-9-7(6-8(14)13(3)4)16-11(15-5)10(9)18-12/h7,9-11H,6H2,1-5H3/t7-,9-,10-,11?/m1/s1. The molecule has 2 fully saturated rings. The zero-order valence-electron chi connectivity index (χ0n) is 11.5. The molecule has 2 aliphatic heterocycles. The van der Waals surface area contributed by atoms with Gasteiger partial charge in [-0.1, -0.05) is 0 Å². The molecule has 4 atom stereocenters. The summed E-state index contributed by atoms with van der Waals surface area (Å²) >= 11 is 0. The molecule has 2 saturated heterocycles. The largest absolute Gasteiger partial charge is 0.353 e. The van der Waals surface area contributed by atoms with Gasteiger partial charge in [-0.15, -0.1) is 0 Å². The molecule has 0 aliphatic carbocycles. The molecule has 0 radical (unpaired) electrons. The fourth-order valence-electron chi connectivity index (χ4n) is 2.35. The van der Waals surface area contributed by atoms with Crippen molar-refractivity contribution in [2.45, 2.75) is 50.7 Å². The highest BCUT2D eigenvalue weighted by atomic mass is 16.8. The minimum absolute atomic E-state index is 0.00353. The minimum Gasteiger partial charge on any atom is -0.353 e. The number of nitrogens with zero attached hydrogens (tertiary/aromatic N) is 1. The van der Waals surface area contributed by atoms with Crippen LogP contribution in [0.3, 0.4) is 0 Å². The fourth-order valence-corrected chi connectivity index (χ4v) is 2.35. The molecule has 2 aliphatic rings. The topological polar surface area (TPSA) is 57.2 Å². The molecule has 1 unspecified atom stereocenters. The van der Waals surface area contributed by atoms with Crippen LogP contribution in [0.2, 0.25) is 0 Å². The normalized spacial score (nSPS) is 37.6. The summed E-state index contributed by atoms with van der Waals surface area (Å²) in [6, 6.07) is 0. The van der Waals surface area contributed by atoms with Gasteiger partial charge in [0.15, 0.2) is 12.1 Å². The van der Waals surface area contributed by atoms with Crippen LogP contribution >= 0.6 is 0 Å². The zero-order valence-corrected chi connectivity index (χ0v) is 11.5. The summed E-state index contributed by atoms with van der Waals surface area (Å²) in [7, 11) is 5.00. The van der Waals surface area contributed by atoms with Crippen molar-refractivity contribution in [3.05, 3.63) is 0 Å². The third-order valence-corrected chi connectivity index (χ3v) is 3.21. The van der Waals surface area contributed by atoms with Crippen molar-refractivity contribution in [3.63, 3.8) is 0 Å². The highest BCUT2D eigenvalue weighted by molar-refractivity contribution is 5.76. The van der Waals surface area contributed by atoms with E-state index in [2.05, 4.69) is 0 Å². The van der Waals surface area contributed by atoms with E-state index in [1.165, 1.54) is 0 Å². The zero-order chi connectivity index (χ0) is 13.5. The van der Waals surface area contributed by atoms with Crippen molar-refractivity contribution < 1.29 is 23.7 Å². The van der Waals surface area contributed by atoms with Crippen LogP contribution in [-0.2, 0) is 23.7 Å². The molecule has 6 heteroatoms. The highest BCUT2D eigenvalue weighted by Gasteiger charge is 2.55. The second-order valence-electron chi connectivity index (χ2n) is 5.34. The van der Waals surface area contributed by atoms with Gasteiger partial charge in [0.2, 0.25) is 5.91 Å². The van der Waals surface area contributed by atoms with E-state index in [4.69, 9.17) is 18.9 Å². The van der Waals surface area contributed by atoms with Gasteiger partial charge in [0, 0.05) is 21.2 Å². The summed E-state index contributed by atoms with van der Waals surface area (Å²) in [5.74, 6) is -0.654. The molecule has 18 heavy (non-hydrogen) atoms. The van der Waals surface area contributed by atoms with Gasteiger partial charge in [-0.2, -0.15) is 0 Å². The smallest absolute Gasteiger partial charge is 0.224 e. The Morgan fingerprint density at radius 2 is 1.89 bits per heavy atom. The Kier molecular flexibility index (Phi) is 3.64. The predicted octanol–water partition coefficient (Wildman–Crippen LogP) is 0.356. The first-order valence-electron chi connectivity index (χ1n) is 6.08. The number of hydrogen-bond donors (Lipinski definition) is 0. The van der Waals surface area contributed by atoms with E-state index in [0.29, 0.717) is 0 Å². The van der Waals surface area contributed by atoms with Crippen molar-refractivity contribution in [3.8, 4) is 0 Å². The van der Waals surface area contributed by atoms with Crippen LogP contribution in [-0.4, -0.2) is 62.4 Å². The minimum atomic E-state index is -0.657. The summed E-state index contributed by atoms with van der Waals surface area (Å²) in [5.41, 5.74) is 0. The lowest BCUT2D eigenvalue weighted by Crippen LogP contribution is -2.34. The maximum Gasteiger partial charge on any atom is 0.224 e. The number of rotatable bonds is 3. The molecule has 2 rings (SSSR count). The maximum atomic E-state index is 11.8. The van der Waals surface area contributed by atoms with E-state index < -0.39 is 12.1 Å². The number of methoxy groups -OCH3 is 1. The first-order valence-corrected chi connectivity index (χ1v) is 6.08. The van der Waals surface area contributed by atoms with Crippen LogP contribution in [0, 0.1) is 0 Å². The SMILES string of the molecule is COC1O[C@H](CC(=O)N(C)C)[C@H]2OC(C)(C)O[C@@H]12. The third kappa shape index (κ3) is 2.51. The highest BCUT2D eigenvalue weighted by Crippen LogP contribution is 2.39. The second kappa shape index (κ2) is 4.77. The number of ether oxygens (including phenoxy) is 4. The van der Waals surface area contributed by atoms with E-state index in [-0.39, 0.29) is 30.6 Å². The van der Waals surface area contributed by atoms with Crippen LogP contribution in [0.15, 0.2) is 0 Å². The van der Waals surface area contributed by atoms with Crippen molar-refractivity contribution in [2.75, 3.05) is 21.2 Å². The quantitative estimate of drug-likeness (QED) is 0.732. The average Bonchev–Trinajstić information content (AvgIpc) is 2.73. The summed E-state index contributed by atoms with van der Waals surface area (Å²) in [6.45, 7) is 3.70. The summed E-state index contributed by atoms with van der Waals surface area (Å²) in [4.78, 5) is 13.3. The predicted molar refractivity (Wildman–Crippen MR) is 62.8 cm³/mol. The lowest BCUT2D eigenvalue weighted by Gasteiger charge is -2.23. The Morgan fingerprint density at radius 1 is 1.28 bits per heavy atom. The van der Waals surface area contributed by atoms with Gasteiger partial charge < -0.3 is 23.8 Å². The Bertz CT molecular complexity index is 330. The summed E-state index contributed by atoms with van der Waals surface area (Å²) < 4.78 is 22.5. The molecule has 0 N–H and O–H groups in total. The molecule has 0 aromatic carbocycles. The first kappa shape index (κ1) is 13.7. The number of amides is 1. The van der Waals surface area contributed by atoms with Gasteiger partial charge >= 0.3 is 0 Å². The van der Waals surface area contributed by atoms with E-state index in [9.17, 15) is 4.79 Å². The van der Waals surface area contributed by atoms with Crippen LogP contribution < -0.4 is 0 Å². The van der Waals surface area contributed by atoms with E-state index >= 15 is 0 Å². The van der Waals surface area contributed by atoms with Crippen LogP contribution in [0.25, 0.3) is 0 Å². The van der Waals surface area contributed by atoms with Crippen LogP contribution in [0.1, 0.15) is 20.3 Å².